The summed E-state index contributed by atoms with van der Waals surface area (Å²) in [5.41, 5.74) is 0. The lowest BCUT2D eigenvalue weighted by atomic mass is 10.1. The molecule has 0 unspecified atom stereocenters. The Morgan fingerprint density at radius 3 is 2.30 bits per heavy atom. The van der Waals surface area contributed by atoms with E-state index in [0.717, 1.165) is 0 Å². The summed E-state index contributed by atoms with van der Waals surface area (Å²) < 4.78 is 0. The highest BCUT2D eigenvalue weighted by molar-refractivity contribution is 4.76. The first-order valence-corrected chi connectivity index (χ1v) is 4.53. The topological polar surface area (TPSA) is 0 Å². The van der Waals surface area contributed by atoms with Gasteiger partial charge in [0.05, 0.1) is 0 Å². The monoisotopic (exact) mass is 140 g/mol. The maximum absolute atomic E-state index is 2.26. The van der Waals surface area contributed by atoms with E-state index in [0.29, 0.717) is 0 Å². The van der Waals surface area contributed by atoms with E-state index in [4.69, 9.17) is 0 Å². The predicted octanol–water partition coefficient (Wildman–Crippen LogP) is 3.92. The lowest BCUT2D eigenvalue weighted by molar-refractivity contribution is 0.637. The molecule has 0 radical (unpaired) electrons. The largest absolute Gasteiger partial charge is 0.0917 e. The van der Waals surface area contributed by atoms with E-state index < -0.39 is 0 Å². The second-order valence-electron chi connectivity index (χ2n) is 2.77. The maximum atomic E-state index is 2.26. The molecular formula is C10H20. The summed E-state index contributed by atoms with van der Waals surface area (Å²) >= 11 is 0. The molecule has 0 aromatic rings. The van der Waals surface area contributed by atoms with Crippen LogP contribution in [0.1, 0.15) is 52.4 Å². The van der Waals surface area contributed by atoms with Crippen molar-refractivity contribution < 1.29 is 0 Å². The minimum atomic E-state index is 1.28. The fourth-order valence-electron chi connectivity index (χ4n) is 1.03. The van der Waals surface area contributed by atoms with Crippen LogP contribution in [0.3, 0.4) is 0 Å². The van der Waals surface area contributed by atoms with Crippen molar-refractivity contribution >= 4 is 0 Å². The van der Waals surface area contributed by atoms with Crippen LogP contribution >= 0.6 is 0 Å². The number of hydrogen-bond acceptors (Lipinski definition) is 0. The first kappa shape index (κ1) is 9.74. The van der Waals surface area contributed by atoms with Gasteiger partial charge < -0.3 is 0 Å². The van der Waals surface area contributed by atoms with E-state index in [1.54, 1.807) is 0 Å². The summed E-state index contributed by atoms with van der Waals surface area (Å²) in [5, 5.41) is 0. The van der Waals surface area contributed by atoms with Crippen LogP contribution in [0.2, 0.25) is 0 Å². The van der Waals surface area contributed by atoms with Crippen LogP contribution in [-0.2, 0) is 0 Å². The standard InChI is InChI=1S/C10H20/c1-3-5-7-9-10-8-6-4-2/h3,5H,4,6-10H2,1-2H3/b5-3+. The minimum absolute atomic E-state index is 1.28. The van der Waals surface area contributed by atoms with Crippen molar-refractivity contribution in [2.45, 2.75) is 52.4 Å². The summed E-state index contributed by atoms with van der Waals surface area (Å²) in [5.74, 6) is 0. The van der Waals surface area contributed by atoms with Gasteiger partial charge in [-0.3, -0.25) is 0 Å². The Balaban J connectivity index is 2.77. The van der Waals surface area contributed by atoms with Crippen LogP contribution in [0.25, 0.3) is 0 Å². The Bertz CT molecular complexity index is 72.1. The van der Waals surface area contributed by atoms with Crippen LogP contribution in [0, 0.1) is 0 Å². The molecule has 10 heavy (non-hydrogen) atoms. The third kappa shape index (κ3) is 7.74. The van der Waals surface area contributed by atoms with Crippen molar-refractivity contribution in [3.05, 3.63) is 12.2 Å². The molecule has 0 saturated heterocycles. The van der Waals surface area contributed by atoms with E-state index >= 15 is 0 Å². The van der Waals surface area contributed by atoms with Crippen LogP contribution in [0.5, 0.6) is 0 Å². The Morgan fingerprint density at radius 1 is 1.00 bits per heavy atom. The van der Waals surface area contributed by atoms with Crippen LogP contribution in [-0.4, -0.2) is 0 Å². The quantitative estimate of drug-likeness (QED) is 0.387. The third-order valence-corrected chi connectivity index (χ3v) is 1.71. The molecule has 60 valence electrons. The van der Waals surface area contributed by atoms with Crippen molar-refractivity contribution in [1.82, 2.24) is 0 Å². The molecule has 0 aromatic carbocycles. The Hall–Kier alpha value is -0.260. The van der Waals surface area contributed by atoms with E-state index in [-0.39, 0.29) is 0 Å². The van der Waals surface area contributed by atoms with Gasteiger partial charge in [0, 0.05) is 0 Å². The number of allylic oxidation sites excluding steroid dienone is 2. The highest BCUT2D eigenvalue weighted by Crippen LogP contribution is 2.04. The Kier molecular flexibility index (Phi) is 8.51. The van der Waals surface area contributed by atoms with Crippen LogP contribution < -0.4 is 0 Å². The molecule has 0 aromatic heterocycles. The molecular weight excluding hydrogens is 120 g/mol. The first-order valence-electron chi connectivity index (χ1n) is 4.53. The van der Waals surface area contributed by atoms with Gasteiger partial charge in [-0.15, -0.1) is 0 Å². The molecule has 0 amide bonds. The zero-order valence-electron chi connectivity index (χ0n) is 7.40. The molecule has 0 N–H and O–H groups in total. The van der Waals surface area contributed by atoms with Gasteiger partial charge in [0.25, 0.3) is 0 Å². The zero-order valence-corrected chi connectivity index (χ0v) is 7.40. The Labute approximate surface area is 65.3 Å². The molecule has 0 fully saturated rings. The van der Waals surface area contributed by atoms with Gasteiger partial charge in [0.1, 0.15) is 0 Å². The smallest absolute Gasteiger partial charge is 0.0351 e. The van der Waals surface area contributed by atoms with Gasteiger partial charge in [0.2, 0.25) is 0 Å². The maximum Gasteiger partial charge on any atom is -0.0351 e. The van der Waals surface area contributed by atoms with Crippen molar-refractivity contribution in [3.8, 4) is 0 Å². The Morgan fingerprint density at radius 2 is 1.70 bits per heavy atom. The third-order valence-electron chi connectivity index (χ3n) is 1.71. The van der Waals surface area contributed by atoms with Gasteiger partial charge >= 0.3 is 0 Å². The van der Waals surface area contributed by atoms with E-state index in [1.807, 2.05) is 0 Å². The summed E-state index contributed by atoms with van der Waals surface area (Å²) in [7, 11) is 0. The molecule has 0 bridgehead atoms. The van der Waals surface area contributed by atoms with Gasteiger partial charge in [0.15, 0.2) is 0 Å². The second-order valence-corrected chi connectivity index (χ2v) is 2.77. The van der Waals surface area contributed by atoms with E-state index in [1.165, 1.54) is 38.5 Å². The van der Waals surface area contributed by atoms with Gasteiger partial charge in [-0.25, -0.2) is 0 Å². The summed E-state index contributed by atoms with van der Waals surface area (Å²) in [6, 6.07) is 0. The average Bonchev–Trinajstić information content (AvgIpc) is 1.97. The van der Waals surface area contributed by atoms with E-state index in [2.05, 4.69) is 26.0 Å². The molecule has 0 rings (SSSR count). The minimum Gasteiger partial charge on any atom is -0.0917 e. The van der Waals surface area contributed by atoms with Crippen molar-refractivity contribution in [2.24, 2.45) is 0 Å². The molecule has 0 heteroatoms. The van der Waals surface area contributed by atoms with E-state index in [9.17, 15) is 0 Å². The van der Waals surface area contributed by atoms with Gasteiger partial charge in [-0.1, -0.05) is 44.8 Å². The van der Waals surface area contributed by atoms with Gasteiger partial charge in [-0.05, 0) is 19.8 Å². The molecule has 0 nitrogen and oxygen atoms in total. The highest BCUT2D eigenvalue weighted by Gasteiger charge is 1.84. The summed E-state index contributed by atoms with van der Waals surface area (Å²) in [4.78, 5) is 0. The molecule has 0 aliphatic heterocycles. The first-order chi connectivity index (χ1) is 4.91. The van der Waals surface area contributed by atoms with Crippen molar-refractivity contribution in [2.75, 3.05) is 0 Å². The molecule has 0 aliphatic rings. The predicted molar refractivity (Wildman–Crippen MR) is 48.2 cm³/mol. The molecule has 0 atom stereocenters. The molecule has 0 heterocycles. The fraction of sp³-hybridized carbons (Fsp3) is 0.800. The molecule has 0 saturated carbocycles. The molecule has 0 aliphatic carbocycles. The average molecular weight is 140 g/mol. The van der Waals surface area contributed by atoms with Gasteiger partial charge in [-0.2, -0.15) is 0 Å². The fourth-order valence-corrected chi connectivity index (χ4v) is 1.03. The molecule has 0 spiro atoms. The van der Waals surface area contributed by atoms with Crippen LogP contribution in [0.4, 0.5) is 0 Å². The summed E-state index contributed by atoms with van der Waals surface area (Å²) in [6.07, 6.45) is 12.7. The summed E-state index contributed by atoms with van der Waals surface area (Å²) in [6.45, 7) is 4.35. The number of unbranched alkanes of at least 4 members (excludes halogenated alkanes) is 5. The zero-order chi connectivity index (χ0) is 7.66. The number of rotatable bonds is 6. The highest BCUT2D eigenvalue weighted by atomic mass is 13.9. The SMILES string of the molecule is C/C=C/CCCCCCC. The lowest BCUT2D eigenvalue weighted by Gasteiger charge is -1.95. The van der Waals surface area contributed by atoms with Crippen molar-refractivity contribution in [1.29, 1.82) is 0 Å². The second kappa shape index (κ2) is 8.74. The normalized spacial score (nSPS) is 11.0. The van der Waals surface area contributed by atoms with Crippen LogP contribution in [0.15, 0.2) is 12.2 Å². The number of hydrogen-bond donors (Lipinski definition) is 0. The van der Waals surface area contributed by atoms with Crippen molar-refractivity contribution in [3.63, 3.8) is 0 Å². The lowest BCUT2D eigenvalue weighted by Crippen LogP contribution is -1.75.